The summed E-state index contributed by atoms with van der Waals surface area (Å²) in [5.41, 5.74) is 1.82. The van der Waals surface area contributed by atoms with Crippen LogP contribution in [-0.2, 0) is 5.88 Å². The van der Waals surface area contributed by atoms with Crippen molar-refractivity contribution in [3.05, 3.63) is 17.5 Å². The molecule has 0 amide bonds. The second-order valence-electron chi connectivity index (χ2n) is 2.33. The third kappa shape index (κ3) is 2.08. The number of aryl methyl sites for hydroxylation is 1. The number of rotatable bonds is 3. The molecule has 12 heavy (non-hydrogen) atoms. The van der Waals surface area contributed by atoms with Crippen LogP contribution in [0.5, 0.6) is 6.01 Å². The summed E-state index contributed by atoms with van der Waals surface area (Å²) < 4.78 is 5.12. The van der Waals surface area contributed by atoms with Gasteiger partial charge in [0.15, 0.2) is 0 Å². The lowest BCUT2D eigenvalue weighted by molar-refractivity contribution is 0.311. The second-order valence-corrected chi connectivity index (χ2v) is 2.60. The molecule has 1 aromatic rings. The molecule has 0 spiro atoms. The van der Waals surface area contributed by atoms with E-state index < -0.39 is 0 Å². The third-order valence-electron chi connectivity index (χ3n) is 1.48. The summed E-state index contributed by atoms with van der Waals surface area (Å²) in [5.74, 6) is 0.443. The Hall–Kier alpha value is -0.830. The number of aromatic nitrogens is 2. The largest absolute Gasteiger partial charge is 0.464 e. The highest BCUT2D eigenvalue weighted by molar-refractivity contribution is 6.17. The highest BCUT2D eigenvalue weighted by Crippen LogP contribution is 2.10. The predicted octanol–water partition coefficient (Wildman–Crippen LogP) is 1.92. The van der Waals surface area contributed by atoms with Crippen LogP contribution in [0.15, 0.2) is 6.20 Å². The summed E-state index contributed by atoms with van der Waals surface area (Å²) in [6, 6.07) is 0.420. The Balaban J connectivity index is 2.86. The molecule has 1 rings (SSSR count). The first kappa shape index (κ1) is 9.26. The van der Waals surface area contributed by atoms with E-state index in [-0.39, 0.29) is 0 Å². The number of hydrogen-bond acceptors (Lipinski definition) is 3. The van der Waals surface area contributed by atoms with Crippen LogP contribution in [-0.4, -0.2) is 16.6 Å². The summed E-state index contributed by atoms with van der Waals surface area (Å²) in [4.78, 5) is 8.10. The van der Waals surface area contributed by atoms with Gasteiger partial charge in [0.25, 0.3) is 0 Å². The Kier molecular flexibility index (Phi) is 3.29. The average molecular weight is 187 g/mol. The van der Waals surface area contributed by atoms with Crippen molar-refractivity contribution in [3.63, 3.8) is 0 Å². The Morgan fingerprint density at radius 3 is 2.83 bits per heavy atom. The number of nitrogens with zero attached hydrogens (tertiary/aromatic N) is 2. The summed E-state index contributed by atoms with van der Waals surface area (Å²) in [7, 11) is 0. The molecule has 0 atom stereocenters. The molecule has 0 aliphatic carbocycles. The maximum absolute atomic E-state index is 5.64. The molecule has 0 aliphatic rings. The quantitative estimate of drug-likeness (QED) is 0.677. The lowest BCUT2D eigenvalue weighted by Crippen LogP contribution is -2.00. The average Bonchev–Trinajstić information content (AvgIpc) is 2.05. The summed E-state index contributed by atoms with van der Waals surface area (Å²) in [6.07, 6.45) is 1.69. The van der Waals surface area contributed by atoms with Gasteiger partial charge in [-0.1, -0.05) is 0 Å². The Bertz CT molecular complexity index is 265. The fraction of sp³-hybridized carbons (Fsp3) is 0.500. The Labute approximate surface area is 76.7 Å². The maximum atomic E-state index is 5.64. The van der Waals surface area contributed by atoms with Crippen LogP contribution in [0.4, 0.5) is 0 Å². The van der Waals surface area contributed by atoms with Gasteiger partial charge in [0.1, 0.15) is 0 Å². The first-order valence-corrected chi connectivity index (χ1v) is 4.32. The zero-order valence-corrected chi connectivity index (χ0v) is 7.93. The molecule has 0 fully saturated rings. The van der Waals surface area contributed by atoms with Crippen LogP contribution < -0.4 is 4.74 Å². The predicted molar refractivity (Wildman–Crippen MR) is 47.5 cm³/mol. The third-order valence-corrected chi connectivity index (χ3v) is 1.76. The van der Waals surface area contributed by atoms with Gasteiger partial charge in [0.05, 0.1) is 12.5 Å². The standard InChI is InChI=1S/C8H11ClN2O/c1-3-12-8-10-5-7(4-9)6(2)11-8/h5H,3-4H2,1-2H3. The van der Waals surface area contributed by atoms with Gasteiger partial charge >= 0.3 is 6.01 Å². The van der Waals surface area contributed by atoms with E-state index in [0.29, 0.717) is 18.5 Å². The normalized spacial score (nSPS) is 9.92. The van der Waals surface area contributed by atoms with Gasteiger partial charge in [-0.15, -0.1) is 11.6 Å². The topological polar surface area (TPSA) is 35.0 Å². The lowest BCUT2D eigenvalue weighted by atomic mass is 10.3. The van der Waals surface area contributed by atoms with Crippen molar-refractivity contribution in [2.24, 2.45) is 0 Å². The molecular weight excluding hydrogens is 176 g/mol. The van der Waals surface area contributed by atoms with E-state index in [2.05, 4.69) is 9.97 Å². The Morgan fingerprint density at radius 2 is 2.33 bits per heavy atom. The molecule has 0 bridgehead atoms. The van der Waals surface area contributed by atoms with Crippen molar-refractivity contribution in [1.29, 1.82) is 0 Å². The van der Waals surface area contributed by atoms with E-state index in [1.165, 1.54) is 0 Å². The zero-order valence-electron chi connectivity index (χ0n) is 7.17. The van der Waals surface area contributed by atoms with Crippen molar-refractivity contribution in [3.8, 4) is 6.01 Å². The first-order valence-electron chi connectivity index (χ1n) is 3.79. The van der Waals surface area contributed by atoms with Crippen molar-refractivity contribution < 1.29 is 4.74 Å². The zero-order chi connectivity index (χ0) is 8.97. The molecule has 66 valence electrons. The maximum Gasteiger partial charge on any atom is 0.316 e. The first-order chi connectivity index (χ1) is 5.77. The minimum absolute atomic E-state index is 0.420. The van der Waals surface area contributed by atoms with Gasteiger partial charge in [-0.25, -0.2) is 9.97 Å². The fourth-order valence-electron chi connectivity index (χ4n) is 0.801. The minimum atomic E-state index is 0.420. The lowest BCUT2D eigenvalue weighted by Gasteiger charge is -2.03. The molecule has 0 unspecified atom stereocenters. The van der Waals surface area contributed by atoms with E-state index in [1.807, 2.05) is 13.8 Å². The van der Waals surface area contributed by atoms with Crippen LogP contribution in [0.3, 0.4) is 0 Å². The summed E-state index contributed by atoms with van der Waals surface area (Å²) in [6.45, 7) is 4.37. The fourth-order valence-corrected chi connectivity index (χ4v) is 1.06. The summed E-state index contributed by atoms with van der Waals surface area (Å²) >= 11 is 5.64. The van der Waals surface area contributed by atoms with Crippen LogP contribution in [0.1, 0.15) is 18.2 Å². The molecule has 0 N–H and O–H groups in total. The van der Waals surface area contributed by atoms with Crippen molar-refractivity contribution in [2.75, 3.05) is 6.61 Å². The molecule has 0 radical (unpaired) electrons. The van der Waals surface area contributed by atoms with Gasteiger partial charge in [-0.3, -0.25) is 0 Å². The van der Waals surface area contributed by atoms with E-state index in [4.69, 9.17) is 16.3 Å². The molecule has 0 saturated heterocycles. The Morgan fingerprint density at radius 1 is 1.58 bits per heavy atom. The number of halogens is 1. The van der Waals surface area contributed by atoms with Crippen LogP contribution in [0.2, 0.25) is 0 Å². The van der Waals surface area contributed by atoms with Gasteiger partial charge in [0.2, 0.25) is 0 Å². The van der Waals surface area contributed by atoms with Gasteiger partial charge < -0.3 is 4.74 Å². The SMILES string of the molecule is CCOc1ncc(CCl)c(C)n1. The molecule has 0 saturated carbocycles. The molecule has 0 aliphatic heterocycles. The molecule has 0 aromatic carbocycles. The molecule has 3 nitrogen and oxygen atoms in total. The smallest absolute Gasteiger partial charge is 0.316 e. The highest BCUT2D eigenvalue weighted by atomic mass is 35.5. The molecule has 4 heteroatoms. The number of alkyl halides is 1. The number of hydrogen-bond donors (Lipinski definition) is 0. The van der Waals surface area contributed by atoms with Crippen molar-refractivity contribution in [1.82, 2.24) is 9.97 Å². The van der Waals surface area contributed by atoms with Gasteiger partial charge in [-0.2, -0.15) is 0 Å². The van der Waals surface area contributed by atoms with E-state index in [0.717, 1.165) is 11.3 Å². The minimum Gasteiger partial charge on any atom is -0.464 e. The number of ether oxygens (including phenoxy) is 1. The van der Waals surface area contributed by atoms with Crippen molar-refractivity contribution in [2.45, 2.75) is 19.7 Å². The van der Waals surface area contributed by atoms with Gasteiger partial charge in [-0.05, 0) is 13.8 Å². The van der Waals surface area contributed by atoms with Gasteiger partial charge in [0, 0.05) is 17.5 Å². The second kappa shape index (κ2) is 4.26. The monoisotopic (exact) mass is 186 g/mol. The van der Waals surface area contributed by atoms with E-state index in [9.17, 15) is 0 Å². The van der Waals surface area contributed by atoms with E-state index >= 15 is 0 Å². The summed E-state index contributed by atoms with van der Waals surface area (Å²) in [5, 5.41) is 0. The molecule has 1 heterocycles. The van der Waals surface area contributed by atoms with Crippen LogP contribution in [0, 0.1) is 6.92 Å². The highest BCUT2D eigenvalue weighted by Gasteiger charge is 2.01. The van der Waals surface area contributed by atoms with E-state index in [1.54, 1.807) is 6.20 Å². The van der Waals surface area contributed by atoms with Crippen LogP contribution >= 0.6 is 11.6 Å². The van der Waals surface area contributed by atoms with Crippen molar-refractivity contribution >= 4 is 11.6 Å². The van der Waals surface area contributed by atoms with Crippen LogP contribution in [0.25, 0.3) is 0 Å². The molecular formula is C8H11ClN2O. The molecule has 1 aromatic heterocycles.